The number of hydrogen-bond acceptors (Lipinski definition) is 3. The van der Waals surface area contributed by atoms with Gasteiger partial charge in [-0.1, -0.05) is 48.5 Å². The Hall–Kier alpha value is -2.82. The summed E-state index contributed by atoms with van der Waals surface area (Å²) >= 11 is 0. The van der Waals surface area contributed by atoms with Crippen LogP contribution in [-0.2, 0) is 9.59 Å². The van der Waals surface area contributed by atoms with Crippen LogP contribution in [0.4, 0.5) is 0 Å². The van der Waals surface area contributed by atoms with E-state index in [1.807, 2.05) is 41.3 Å². The van der Waals surface area contributed by atoms with E-state index in [0.29, 0.717) is 24.9 Å². The monoisotopic (exact) mass is 446 g/mol. The van der Waals surface area contributed by atoms with E-state index in [0.717, 1.165) is 64.0 Å². The number of hydrogen-bond donors (Lipinski definition) is 0. The third kappa shape index (κ3) is 5.07. The number of carbonyl (C=O) groups is 2. The molecule has 5 nitrogen and oxygen atoms in total. The van der Waals surface area contributed by atoms with E-state index in [1.165, 1.54) is 5.56 Å². The molecule has 5 rings (SSSR count). The summed E-state index contributed by atoms with van der Waals surface area (Å²) in [6.45, 7) is 3.95. The minimum absolute atomic E-state index is 0.169. The van der Waals surface area contributed by atoms with Gasteiger partial charge in [0.25, 0.3) is 0 Å². The molecule has 0 unspecified atom stereocenters. The first-order valence-electron chi connectivity index (χ1n) is 12.4. The van der Waals surface area contributed by atoms with Crippen molar-refractivity contribution in [2.24, 2.45) is 11.3 Å². The lowest BCUT2D eigenvalue weighted by molar-refractivity contribution is -0.135. The summed E-state index contributed by atoms with van der Waals surface area (Å²) in [6.07, 6.45) is 5.36. The van der Waals surface area contributed by atoms with Crippen LogP contribution in [0.5, 0.6) is 5.75 Å². The summed E-state index contributed by atoms with van der Waals surface area (Å²) < 4.78 is 5.71. The normalized spacial score (nSPS) is 23.5. The van der Waals surface area contributed by atoms with E-state index < -0.39 is 0 Å². The molecule has 2 atom stereocenters. The summed E-state index contributed by atoms with van der Waals surface area (Å²) in [5.74, 6) is 2.00. The lowest BCUT2D eigenvalue weighted by Gasteiger charge is -2.39. The number of ether oxygens (including phenoxy) is 1. The number of amides is 2. The molecule has 2 amide bonds. The molecule has 1 spiro atoms. The Bertz CT molecular complexity index is 954. The molecule has 0 radical (unpaired) electrons. The quantitative estimate of drug-likeness (QED) is 0.589. The molecule has 2 aromatic rings. The van der Waals surface area contributed by atoms with Crippen LogP contribution in [0.1, 0.15) is 50.0 Å². The fraction of sp³-hybridized carbons (Fsp3) is 0.500. The average Bonchev–Trinajstić information content (AvgIpc) is 3.57. The van der Waals surface area contributed by atoms with Gasteiger partial charge in [0.05, 0.1) is 6.61 Å². The SMILES string of the molecule is O=C(CCCOc1ccccc1)N1CCC2(CC1)CCN(C(=O)[C@@H]1C[C@H]1c1ccccc1)C2. The predicted molar refractivity (Wildman–Crippen MR) is 128 cm³/mol. The van der Waals surface area contributed by atoms with Crippen molar-refractivity contribution in [3.05, 3.63) is 66.2 Å². The largest absolute Gasteiger partial charge is 0.494 e. The van der Waals surface area contributed by atoms with Gasteiger partial charge in [-0.3, -0.25) is 9.59 Å². The van der Waals surface area contributed by atoms with Crippen molar-refractivity contribution < 1.29 is 14.3 Å². The summed E-state index contributed by atoms with van der Waals surface area (Å²) in [6, 6.07) is 20.2. The van der Waals surface area contributed by atoms with Crippen molar-refractivity contribution in [3.63, 3.8) is 0 Å². The van der Waals surface area contributed by atoms with Crippen LogP contribution in [0.2, 0.25) is 0 Å². The van der Waals surface area contributed by atoms with E-state index >= 15 is 0 Å². The molecule has 3 aliphatic rings. The van der Waals surface area contributed by atoms with Crippen molar-refractivity contribution in [1.29, 1.82) is 0 Å². The molecule has 3 fully saturated rings. The highest BCUT2D eigenvalue weighted by atomic mass is 16.5. The van der Waals surface area contributed by atoms with E-state index in [-0.39, 0.29) is 17.2 Å². The van der Waals surface area contributed by atoms with Gasteiger partial charge >= 0.3 is 0 Å². The van der Waals surface area contributed by atoms with Gasteiger partial charge in [0, 0.05) is 38.5 Å². The first-order valence-corrected chi connectivity index (χ1v) is 12.4. The highest BCUT2D eigenvalue weighted by Gasteiger charge is 2.49. The topological polar surface area (TPSA) is 49.9 Å². The summed E-state index contributed by atoms with van der Waals surface area (Å²) in [7, 11) is 0. The van der Waals surface area contributed by atoms with Crippen molar-refractivity contribution in [2.45, 2.75) is 44.4 Å². The standard InChI is InChI=1S/C28H34N2O3/c31-26(12-7-19-33-23-10-5-2-6-11-23)29-16-13-28(14-17-29)15-18-30(21-28)27(32)25-20-24(25)22-8-3-1-4-9-22/h1-6,8-11,24-25H,7,12-21H2/t24-,25+/m0/s1. The lowest BCUT2D eigenvalue weighted by atomic mass is 9.77. The van der Waals surface area contributed by atoms with Crippen LogP contribution in [-0.4, -0.2) is 54.4 Å². The van der Waals surface area contributed by atoms with Gasteiger partial charge in [0.2, 0.25) is 11.8 Å². The van der Waals surface area contributed by atoms with Crippen LogP contribution >= 0.6 is 0 Å². The van der Waals surface area contributed by atoms with E-state index in [4.69, 9.17) is 4.74 Å². The maximum Gasteiger partial charge on any atom is 0.226 e. The van der Waals surface area contributed by atoms with Crippen LogP contribution < -0.4 is 4.74 Å². The second-order valence-electron chi connectivity index (χ2n) is 10.0. The second kappa shape index (κ2) is 9.58. The summed E-state index contributed by atoms with van der Waals surface area (Å²) in [4.78, 5) is 29.9. The van der Waals surface area contributed by atoms with E-state index in [9.17, 15) is 9.59 Å². The van der Waals surface area contributed by atoms with Gasteiger partial charge in [-0.2, -0.15) is 0 Å². The molecule has 1 saturated carbocycles. The Morgan fingerprint density at radius 1 is 0.879 bits per heavy atom. The van der Waals surface area contributed by atoms with Crippen LogP contribution in [0.15, 0.2) is 60.7 Å². The molecule has 0 bridgehead atoms. The third-order valence-electron chi connectivity index (χ3n) is 7.81. The van der Waals surface area contributed by atoms with Crippen LogP contribution in [0, 0.1) is 11.3 Å². The fourth-order valence-corrected chi connectivity index (χ4v) is 5.62. The summed E-state index contributed by atoms with van der Waals surface area (Å²) in [5.41, 5.74) is 1.51. The molecule has 0 aromatic heterocycles. The fourth-order valence-electron chi connectivity index (χ4n) is 5.62. The van der Waals surface area contributed by atoms with Gasteiger partial charge in [-0.15, -0.1) is 0 Å². The maximum atomic E-state index is 13.1. The van der Waals surface area contributed by atoms with Crippen LogP contribution in [0.25, 0.3) is 0 Å². The third-order valence-corrected chi connectivity index (χ3v) is 7.81. The molecule has 2 saturated heterocycles. The molecule has 33 heavy (non-hydrogen) atoms. The minimum Gasteiger partial charge on any atom is -0.494 e. The summed E-state index contributed by atoms with van der Waals surface area (Å²) in [5, 5.41) is 0. The van der Waals surface area contributed by atoms with Gasteiger partial charge in [0.15, 0.2) is 0 Å². The molecule has 2 heterocycles. The molecule has 0 N–H and O–H groups in total. The number of likely N-dealkylation sites (tertiary alicyclic amines) is 2. The Labute approximate surface area is 196 Å². The van der Waals surface area contributed by atoms with Gasteiger partial charge in [-0.25, -0.2) is 0 Å². The van der Waals surface area contributed by atoms with Gasteiger partial charge in [-0.05, 0) is 61.1 Å². The molecule has 174 valence electrons. The molecule has 2 aromatic carbocycles. The first-order chi connectivity index (χ1) is 16.1. The molecule has 2 aliphatic heterocycles. The number of benzene rings is 2. The number of piperidine rings is 1. The van der Waals surface area contributed by atoms with Crippen molar-refractivity contribution in [3.8, 4) is 5.75 Å². The number of carbonyl (C=O) groups excluding carboxylic acids is 2. The smallest absolute Gasteiger partial charge is 0.226 e. The zero-order chi connectivity index (χ0) is 22.7. The molecule has 5 heteroatoms. The van der Waals surface area contributed by atoms with E-state index in [2.05, 4.69) is 29.2 Å². The van der Waals surface area contributed by atoms with Crippen LogP contribution in [0.3, 0.4) is 0 Å². The second-order valence-corrected chi connectivity index (χ2v) is 10.0. The maximum absolute atomic E-state index is 13.1. The Morgan fingerprint density at radius 2 is 1.52 bits per heavy atom. The number of rotatable bonds is 7. The number of para-hydroxylation sites is 1. The zero-order valence-electron chi connectivity index (χ0n) is 19.3. The van der Waals surface area contributed by atoms with Crippen molar-refractivity contribution >= 4 is 11.8 Å². The number of nitrogens with zero attached hydrogens (tertiary/aromatic N) is 2. The first kappa shape index (κ1) is 22.0. The van der Waals surface area contributed by atoms with Crippen molar-refractivity contribution in [1.82, 2.24) is 9.80 Å². The van der Waals surface area contributed by atoms with Gasteiger partial charge < -0.3 is 14.5 Å². The highest BCUT2D eigenvalue weighted by Crippen LogP contribution is 2.50. The molecular weight excluding hydrogens is 412 g/mol. The zero-order valence-corrected chi connectivity index (χ0v) is 19.3. The lowest BCUT2D eigenvalue weighted by Crippen LogP contribution is -2.44. The average molecular weight is 447 g/mol. The van der Waals surface area contributed by atoms with Gasteiger partial charge in [0.1, 0.15) is 5.75 Å². The highest BCUT2D eigenvalue weighted by molar-refractivity contribution is 5.83. The molecular formula is C28H34N2O3. The predicted octanol–water partition coefficient (Wildman–Crippen LogP) is 4.49. The van der Waals surface area contributed by atoms with Crippen molar-refractivity contribution in [2.75, 3.05) is 32.8 Å². The Kier molecular flexibility index (Phi) is 6.39. The molecule has 1 aliphatic carbocycles. The Balaban J connectivity index is 1.04. The van der Waals surface area contributed by atoms with E-state index in [1.54, 1.807) is 0 Å². The minimum atomic E-state index is 0.169. The Morgan fingerprint density at radius 3 is 2.21 bits per heavy atom.